The van der Waals surface area contributed by atoms with E-state index in [4.69, 9.17) is 9.94 Å². The van der Waals surface area contributed by atoms with E-state index in [1.807, 2.05) is 6.26 Å². The van der Waals surface area contributed by atoms with Gasteiger partial charge in [-0.25, -0.2) is 19.4 Å². The zero-order valence-corrected chi connectivity index (χ0v) is 15.9. The van der Waals surface area contributed by atoms with Crippen LogP contribution in [0.3, 0.4) is 0 Å². The molecule has 1 unspecified atom stereocenters. The minimum absolute atomic E-state index is 0.0550. The molecule has 0 saturated carbocycles. The van der Waals surface area contributed by atoms with Crippen LogP contribution in [0.25, 0.3) is 0 Å². The number of oxime groups is 1. The van der Waals surface area contributed by atoms with Crippen molar-refractivity contribution in [3.63, 3.8) is 0 Å². The molecule has 9 heteroatoms. The van der Waals surface area contributed by atoms with Crippen LogP contribution in [0.2, 0.25) is 0 Å². The van der Waals surface area contributed by atoms with Crippen molar-refractivity contribution in [3.05, 3.63) is 42.5 Å². The van der Waals surface area contributed by atoms with Gasteiger partial charge in [0.1, 0.15) is 12.6 Å². The minimum Gasteiger partial charge on any atom is -0.445 e. The molecular formula is C18H21N3O5S. The number of carbonyl (C=O) groups is 3. The molecular weight excluding hydrogens is 370 g/mol. The highest BCUT2D eigenvalue weighted by atomic mass is 32.2. The summed E-state index contributed by atoms with van der Waals surface area (Å²) in [6, 6.07) is 4.71. The summed E-state index contributed by atoms with van der Waals surface area (Å²) in [5.74, 6) is 0.123. The van der Waals surface area contributed by atoms with E-state index in [1.165, 1.54) is 17.8 Å². The van der Waals surface area contributed by atoms with E-state index in [0.717, 1.165) is 9.80 Å². The van der Waals surface area contributed by atoms with Gasteiger partial charge in [0.2, 0.25) is 0 Å². The molecule has 4 amide bonds. The van der Waals surface area contributed by atoms with Crippen LogP contribution in [-0.4, -0.2) is 58.5 Å². The second-order valence-corrected chi connectivity index (χ2v) is 6.71. The molecule has 0 bridgehead atoms. The van der Waals surface area contributed by atoms with Crippen molar-refractivity contribution < 1.29 is 24.3 Å². The molecule has 2 rings (SSSR count). The van der Waals surface area contributed by atoms with Crippen LogP contribution in [-0.2, 0) is 9.53 Å². The number of thioether (sulfide) groups is 1. The van der Waals surface area contributed by atoms with Crippen molar-refractivity contribution in [2.75, 3.05) is 23.5 Å². The lowest BCUT2D eigenvalue weighted by Gasteiger charge is -2.18. The van der Waals surface area contributed by atoms with Gasteiger partial charge in [-0.2, -0.15) is 11.8 Å². The van der Waals surface area contributed by atoms with E-state index < -0.39 is 24.1 Å². The zero-order chi connectivity index (χ0) is 20.0. The Morgan fingerprint density at radius 1 is 1.37 bits per heavy atom. The molecule has 0 spiro atoms. The highest BCUT2D eigenvalue weighted by Gasteiger charge is 2.49. The fraction of sp³-hybridized carbons (Fsp3) is 0.333. The number of urea groups is 1. The van der Waals surface area contributed by atoms with Crippen LogP contribution < -0.4 is 4.90 Å². The first kappa shape index (κ1) is 20.5. The van der Waals surface area contributed by atoms with Crippen LogP contribution in [0.5, 0.6) is 0 Å². The SMILES string of the molecule is C=CCOC(=O)N1C(=O)N(c2ccc(C(C)=NO)cc2)C(=O)C1CCSC. The van der Waals surface area contributed by atoms with Crippen LogP contribution in [0, 0.1) is 0 Å². The summed E-state index contributed by atoms with van der Waals surface area (Å²) in [6.07, 6.45) is 2.73. The molecule has 1 heterocycles. The van der Waals surface area contributed by atoms with E-state index >= 15 is 0 Å². The van der Waals surface area contributed by atoms with Gasteiger partial charge in [-0.05, 0) is 43.0 Å². The van der Waals surface area contributed by atoms with Crippen molar-refractivity contribution in [2.24, 2.45) is 5.16 Å². The molecule has 144 valence electrons. The Morgan fingerprint density at radius 3 is 2.59 bits per heavy atom. The number of anilines is 1. The molecule has 0 radical (unpaired) electrons. The molecule has 0 aromatic heterocycles. The Hall–Kier alpha value is -2.81. The van der Waals surface area contributed by atoms with Crippen molar-refractivity contribution in [1.29, 1.82) is 0 Å². The normalized spacial score (nSPS) is 17.4. The fourth-order valence-electron chi connectivity index (χ4n) is 2.63. The standard InChI is InChI=1S/C18H21N3O5S/c1-4-10-26-18(24)21-15(9-11-27-3)16(22)20(17(21)23)14-7-5-13(6-8-14)12(2)19-25/h4-8,15,25H,1,9-11H2,2-3H3. The zero-order valence-electron chi connectivity index (χ0n) is 15.1. The molecule has 1 N–H and O–H groups in total. The second kappa shape index (κ2) is 9.22. The number of amides is 4. The smallest absolute Gasteiger partial charge is 0.419 e. The third-order valence-electron chi connectivity index (χ3n) is 4.02. The average molecular weight is 391 g/mol. The maximum Gasteiger partial charge on any atom is 0.419 e. The van der Waals surface area contributed by atoms with Crippen molar-refractivity contribution in [3.8, 4) is 0 Å². The third kappa shape index (κ3) is 4.30. The first-order valence-electron chi connectivity index (χ1n) is 8.19. The summed E-state index contributed by atoms with van der Waals surface area (Å²) in [5, 5.41) is 12.0. The van der Waals surface area contributed by atoms with Crippen molar-refractivity contribution >= 4 is 41.2 Å². The van der Waals surface area contributed by atoms with Gasteiger partial charge in [0.05, 0.1) is 11.4 Å². The monoisotopic (exact) mass is 391 g/mol. The van der Waals surface area contributed by atoms with Crippen molar-refractivity contribution in [1.82, 2.24) is 4.90 Å². The minimum atomic E-state index is -0.914. The molecule has 0 aliphatic carbocycles. The number of nitrogens with zero attached hydrogens (tertiary/aromatic N) is 3. The molecule has 1 saturated heterocycles. The topological polar surface area (TPSA) is 99.5 Å². The third-order valence-corrected chi connectivity index (χ3v) is 4.67. The number of imide groups is 2. The maximum absolute atomic E-state index is 12.8. The summed E-state index contributed by atoms with van der Waals surface area (Å²) < 4.78 is 4.97. The largest absolute Gasteiger partial charge is 0.445 e. The van der Waals surface area contributed by atoms with Gasteiger partial charge in [-0.15, -0.1) is 0 Å². The number of hydrogen-bond donors (Lipinski definition) is 1. The van der Waals surface area contributed by atoms with Crippen LogP contribution in [0.15, 0.2) is 42.1 Å². The summed E-state index contributed by atoms with van der Waals surface area (Å²) in [4.78, 5) is 39.8. The molecule has 1 fully saturated rings. The summed E-state index contributed by atoms with van der Waals surface area (Å²) in [7, 11) is 0. The van der Waals surface area contributed by atoms with Crippen LogP contribution in [0.4, 0.5) is 15.3 Å². The Bertz CT molecular complexity index is 763. The second-order valence-electron chi connectivity index (χ2n) is 5.72. The van der Waals surface area contributed by atoms with Gasteiger partial charge in [0, 0.05) is 0 Å². The van der Waals surface area contributed by atoms with E-state index in [0.29, 0.717) is 29.1 Å². The van der Waals surface area contributed by atoms with Gasteiger partial charge < -0.3 is 9.94 Å². The van der Waals surface area contributed by atoms with Gasteiger partial charge in [-0.1, -0.05) is 29.9 Å². The Kier molecular flexibility index (Phi) is 7.00. The molecule has 8 nitrogen and oxygen atoms in total. The van der Waals surface area contributed by atoms with E-state index in [1.54, 1.807) is 31.2 Å². The lowest BCUT2D eigenvalue weighted by Crippen LogP contribution is -2.41. The Labute approximate surface area is 161 Å². The van der Waals surface area contributed by atoms with Crippen LogP contribution >= 0.6 is 11.8 Å². The number of rotatable bonds is 7. The first-order valence-corrected chi connectivity index (χ1v) is 9.58. The summed E-state index contributed by atoms with van der Waals surface area (Å²) in [5.41, 5.74) is 1.36. The fourth-order valence-corrected chi connectivity index (χ4v) is 3.09. The number of hydrogen-bond acceptors (Lipinski definition) is 7. The molecule has 1 aliphatic rings. The maximum atomic E-state index is 12.8. The van der Waals surface area contributed by atoms with Crippen molar-refractivity contribution in [2.45, 2.75) is 19.4 Å². The molecule has 1 aliphatic heterocycles. The van der Waals surface area contributed by atoms with Gasteiger partial charge >= 0.3 is 12.1 Å². The molecule has 1 atom stereocenters. The molecule has 1 aromatic carbocycles. The number of carbonyl (C=O) groups excluding carboxylic acids is 3. The lowest BCUT2D eigenvalue weighted by atomic mass is 10.1. The Balaban J connectivity index is 2.33. The molecule has 27 heavy (non-hydrogen) atoms. The van der Waals surface area contributed by atoms with Gasteiger partial charge in [0.15, 0.2) is 0 Å². The van der Waals surface area contributed by atoms with Gasteiger partial charge in [-0.3, -0.25) is 4.79 Å². The first-order chi connectivity index (χ1) is 13.0. The Morgan fingerprint density at radius 2 is 2.04 bits per heavy atom. The predicted octanol–water partition coefficient (Wildman–Crippen LogP) is 3.10. The van der Waals surface area contributed by atoms with E-state index in [-0.39, 0.29) is 6.61 Å². The summed E-state index contributed by atoms with van der Waals surface area (Å²) >= 11 is 1.51. The molecule has 1 aromatic rings. The highest BCUT2D eigenvalue weighted by molar-refractivity contribution is 7.98. The van der Waals surface area contributed by atoms with E-state index in [9.17, 15) is 14.4 Å². The average Bonchev–Trinajstić information content (AvgIpc) is 2.93. The van der Waals surface area contributed by atoms with Crippen LogP contribution in [0.1, 0.15) is 18.9 Å². The quantitative estimate of drug-likeness (QED) is 0.252. The predicted molar refractivity (Wildman–Crippen MR) is 103 cm³/mol. The van der Waals surface area contributed by atoms with E-state index in [2.05, 4.69) is 11.7 Å². The lowest BCUT2D eigenvalue weighted by molar-refractivity contribution is -0.119. The summed E-state index contributed by atoms with van der Waals surface area (Å²) in [6.45, 7) is 5.03. The number of ether oxygens (including phenoxy) is 1. The number of benzene rings is 1. The highest BCUT2D eigenvalue weighted by Crippen LogP contribution is 2.28. The van der Waals surface area contributed by atoms with Gasteiger partial charge in [0.25, 0.3) is 5.91 Å².